The number of carboxylic acid groups (broad SMARTS) is 1. The first-order chi connectivity index (χ1) is 8.90. The van der Waals surface area contributed by atoms with Crippen LogP contribution in [0.25, 0.3) is 0 Å². The molecular formula is C11H13N5O3. The number of carbonyl (C=O) groups is 2. The van der Waals surface area contributed by atoms with Crippen molar-refractivity contribution in [3.63, 3.8) is 0 Å². The zero-order chi connectivity index (χ0) is 14.2. The minimum absolute atomic E-state index is 0.127. The lowest BCUT2D eigenvalue weighted by Gasteiger charge is -2.02. The van der Waals surface area contributed by atoms with Gasteiger partial charge >= 0.3 is 5.97 Å². The van der Waals surface area contributed by atoms with Crippen molar-refractivity contribution >= 4 is 17.6 Å². The zero-order valence-corrected chi connectivity index (χ0v) is 10.7. The van der Waals surface area contributed by atoms with Gasteiger partial charge in [0, 0.05) is 20.3 Å². The molecular weight excluding hydrogens is 250 g/mol. The summed E-state index contributed by atoms with van der Waals surface area (Å²) < 4.78 is 2.89. The number of amides is 1. The maximum atomic E-state index is 12.0. The lowest BCUT2D eigenvalue weighted by molar-refractivity contribution is 0.0692. The van der Waals surface area contributed by atoms with E-state index in [0.29, 0.717) is 5.69 Å². The first kappa shape index (κ1) is 12.8. The lowest BCUT2D eigenvalue weighted by atomic mass is 10.2. The Morgan fingerprint density at radius 2 is 2.05 bits per heavy atom. The van der Waals surface area contributed by atoms with Crippen molar-refractivity contribution in [1.29, 1.82) is 0 Å². The van der Waals surface area contributed by atoms with E-state index in [0.717, 1.165) is 5.69 Å². The quantitative estimate of drug-likeness (QED) is 0.835. The van der Waals surface area contributed by atoms with Crippen LogP contribution in [0.1, 0.15) is 26.5 Å². The predicted octanol–water partition coefficient (Wildman–Crippen LogP) is 0.413. The van der Waals surface area contributed by atoms with Crippen LogP contribution in [0.4, 0.5) is 5.69 Å². The van der Waals surface area contributed by atoms with Crippen LogP contribution in [0.3, 0.4) is 0 Å². The molecule has 1 amide bonds. The monoisotopic (exact) mass is 263 g/mol. The highest BCUT2D eigenvalue weighted by atomic mass is 16.4. The van der Waals surface area contributed by atoms with Crippen molar-refractivity contribution in [3.8, 4) is 0 Å². The Balaban J connectivity index is 2.30. The molecule has 100 valence electrons. The smallest absolute Gasteiger partial charge is 0.339 e. The second kappa shape index (κ2) is 4.56. The number of hydrogen-bond acceptors (Lipinski definition) is 4. The Morgan fingerprint density at radius 1 is 1.37 bits per heavy atom. The molecule has 0 saturated heterocycles. The summed E-state index contributed by atoms with van der Waals surface area (Å²) in [5, 5.41) is 19.4. The molecule has 2 aromatic heterocycles. The Bertz CT molecular complexity index is 655. The van der Waals surface area contributed by atoms with Gasteiger partial charge in [-0.2, -0.15) is 10.2 Å². The predicted molar refractivity (Wildman–Crippen MR) is 66.1 cm³/mol. The van der Waals surface area contributed by atoms with Crippen LogP contribution in [0.5, 0.6) is 0 Å². The van der Waals surface area contributed by atoms with E-state index in [4.69, 9.17) is 5.11 Å². The number of aromatic nitrogens is 4. The number of aryl methyl sites for hydroxylation is 2. The summed E-state index contributed by atoms with van der Waals surface area (Å²) in [5.74, 6) is -1.77. The minimum atomic E-state index is -1.19. The van der Waals surface area contributed by atoms with Crippen molar-refractivity contribution < 1.29 is 14.7 Å². The summed E-state index contributed by atoms with van der Waals surface area (Å²) in [6.45, 7) is 1.79. The van der Waals surface area contributed by atoms with E-state index in [1.165, 1.54) is 17.1 Å². The molecule has 0 spiro atoms. The molecule has 2 heterocycles. The molecule has 2 aromatic rings. The summed E-state index contributed by atoms with van der Waals surface area (Å²) >= 11 is 0. The van der Waals surface area contributed by atoms with Crippen molar-refractivity contribution in [1.82, 2.24) is 19.6 Å². The van der Waals surface area contributed by atoms with Gasteiger partial charge in [-0.15, -0.1) is 0 Å². The molecule has 0 radical (unpaired) electrons. The number of carboxylic acids is 1. The Labute approximate surface area is 108 Å². The van der Waals surface area contributed by atoms with Gasteiger partial charge in [0.2, 0.25) is 0 Å². The first-order valence-corrected chi connectivity index (χ1v) is 5.47. The van der Waals surface area contributed by atoms with Crippen molar-refractivity contribution in [2.75, 3.05) is 5.32 Å². The maximum Gasteiger partial charge on any atom is 0.339 e. The average molecular weight is 263 g/mol. The maximum absolute atomic E-state index is 12.0. The average Bonchev–Trinajstić information content (AvgIpc) is 2.87. The second-order valence-corrected chi connectivity index (χ2v) is 4.09. The highest BCUT2D eigenvalue weighted by molar-refractivity contribution is 6.09. The lowest BCUT2D eigenvalue weighted by Crippen LogP contribution is -2.16. The van der Waals surface area contributed by atoms with Crippen LogP contribution in [-0.2, 0) is 14.1 Å². The normalized spacial score (nSPS) is 10.5. The molecule has 0 aliphatic rings. The van der Waals surface area contributed by atoms with Gasteiger partial charge in [0.25, 0.3) is 5.91 Å². The molecule has 0 aromatic carbocycles. The summed E-state index contributed by atoms with van der Waals surface area (Å²) in [5.41, 5.74) is 1.02. The van der Waals surface area contributed by atoms with Gasteiger partial charge in [0.05, 0.1) is 17.6 Å². The summed E-state index contributed by atoms with van der Waals surface area (Å²) in [6, 6.07) is 0. The molecule has 0 fully saturated rings. The van der Waals surface area contributed by atoms with E-state index in [1.807, 2.05) is 0 Å². The standard InChI is InChI=1S/C11H13N5O3/c1-6-8(4-12-16(6)3)13-10(17)9-7(11(18)19)5-15(2)14-9/h4-5H,1-3H3,(H,13,17)(H,18,19). The van der Waals surface area contributed by atoms with E-state index in [-0.39, 0.29) is 11.3 Å². The van der Waals surface area contributed by atoms with E-state index in [1.54, 1.807) is 25.7 Å². The molecule has 8 heteroatoms. The molecule has 0 aliphatic carbocycles. The highest BCUT2D eigenvalue weighted by Gasteiger charge is 2.21. The third kappa shape index (κ3) is 2.32. The summed E-state index contributed by atoms with van der Waals surface area (Å²) in [6.07, 6.45) is 2.78. The Kier molecular flexibility index (Phi) is 3.07. The molecule has 8 nitrogen and oxygen atoms in total. The molecule has 0 saturated carbocycles. The summed E-state index contributed by atoms with van der Waals surface area (Å²) in [7, 11) is 3.30. The zero-order valence-electron chi connectivity index (χ0n) is 10.7. The van der Waals surface area contributed by atoms with Crippen LogP contribution in [0.15, 0.2) is 12.4 Å². The summed E-state index contributed by atoms with van der Waals surface area (Å²) in [4.78, 5) is 23.0. The van der Waals surface area contributed by atoms with Gasteiger partial charge in [-0.25, -0.2) is 4.79 Å². The van der Waals surface area contributed by atoms with Gasteiger partial charge in [-0.3, -0.25) is 14.2 Å². The number of carbonyl (C=O) groups excluding carboxylic acids is 1. The number of nitrogens with one attached hydrogen (secondary N) is 1. The molecule has 2 N–H and O–H groups in total. The van der Waals surface area contributed by atoms with Gasteiger partial charge in [0.1, 0.15) is 5.56 Å². The number of anilines is 1. The van der Waals surface area contributed by atoms with Crippen molar-refractivity contribution in [2.24, 2.45) is 14.1 Å². The topological polar surface area (TPSA) is 102 Å². The fraction of sp³-hybridized carbons (Fsp3) is 0.273. The molecule has 0 aliphatic heterocycles. The third-order valence-corrected chi connectivity index (χ3v) is 2.76. The second-order valence-electron chi connectivity index (χ2n) is 4.09. The number of rotatable bonds is 3. The van der Waals surface area contributed by atoms with Gasteiger partial charge < -0.3 is 10.4 Å². The highest BCUT2D eigenvalue weighted by Crippen LogP contribution is 2.15. The van der Waals surface area contributed by atoms with Crippen LogP contribution in [-0.4, -0.2) is 36.5 Å². The molecule has 0 bridgehead atoms. The van der Waals surface area contributed by atoms with E-state index in [9.17, 15) is 9.59 Å². The Hall–Kier alpha value is -2.64. The van der Waals surface area contributed by atoms with Crippen LogP contribution in [0, 0.1) is 6.92 Å². The van der Waals surface area contributed by atoms with Gasteiger partial charge in [-0.1, -0.05) is 0 Å². The van der Waals surface area contributed by atoms with E-state index >= 15 is 0 Å². The van der Waals surface area contributed by atoms with Crippen LogP contribution in [0.2, 0.25) is 0 Å². The van der Waals surface area contributed by atoms with Gasteiger partial charge in [-0.05, 0) is 6.92 Å². The van der Waals surface area contributed by atoms with E-state index < -0.39 is 11.9 Å². The number of nitrogens with zero attached hydrogens (tertiary/aromatic N) is 4. The largest absolute Gasteiger partial charge is 0.478 e. The van der Waals surface area contributed by atoms with Crippen LogP contribution >= 0.6 is 0 Å². The first-order valence-electron chi connectivity index (χ1n) is 5.47. The van der Waals surface area contributed by atoms with Gasteiger partial charge in [0.15, 0.2) is 5.69 Å². The molecule has 0 unspecified atom stereocenters. The van der Waals surface area contributed by atoms with Crippen LogP contribution < -0.4 is 5.32 Å². The SMILES string of the molecule is Cc1c(NC(=O)c2nn(C)cc2C(=O)O)cnn1C. The fourth-order valence-corrected chi connectivity index (χ4v) is 1.62. The molecule has 19 heavy (non-hydrogen) atoms. The number of hydrogen-bond donors (Lipinski definition) is 2. The third-order valence-electron chi connectivity index (χ3n) is 2.76. The number of aromatic carboxylic acids is 1. The van der Waals surface area contributed by atoms with Crippen molar-refractivity contribution in [3.05, 3.63) is 29.3 Å². The van der Waals surface area contributed by atoms with E-state index in [2.05, 4.69) is 15.5 Å². The fourth-order valence-electron chi connectivity index (χ4n) is 1.62. The Morgan fingerprint density at radius 3 is 2.58 bits per heavy atom. The minimum Gasteiger partial charge on any atom is -0.478 e. The molecule has 2 rings (SSSR count). The molecule has 0 atom stereocenters. The van der Waals surface area contributed by atoms with Crippen molar-refractivity contribution in [2.45, 2.75) is 6.92 Å².